The predicted octanol–water partition coefficient (Wildman–Crippen LogP) is 2.71. The summed E-state index contributed by atoms with van der Waals surface area (Å²) in [4.78, 5) is 13.1. The van der Waals surface area contributed by atoms with Crippen molar-refractivity contribution in [3.05, 3.63) is 21.8 Å². The normalized spacial score (nSPS) is 14.6. The van der Waals surface area contributed by atoms with Crippen molar-refractivity contribution in [3.8, 4) is 10.8 Å². The van der Waals surface area contributed by atoms with Crippen LogP contribution in [0.5, 0.6) is 0 Å². The van der Waals surface area contributed by atoms with Crippen molar-refractivity contribution in [1.29, 1.82) is 0 Å². The fraction of sp³-hybridized carbons (Fsp3) is 0.364. The van der Waals surface area contributed by atoms with E-state index in [4.69, 9.17) is 17.3 Å². The summed E-state index contributed by atoms with van der Waals surface area (Å²) in [6.45, 7) is 0. The number of halogens is 1. The first kappa shape index (κ1) is 10.9. The molecule has 0 unspecified atom stereocenters. The molecule has 2 N–H and O–H groups in total. The fourth-order valence-corrected chi connectivity index (χ4v) is 2.92. The minimum absolute atomic E-state index is 0.594. The van der Waals surface area contributed by atoms with Gasteiger partial charge in [0.05, 0.1) is 6.20 Å². The lowest BCUT2D eigenvalue weighted by Crippen LogP contribution is -2.11. The van der Waals surface area contributed by atoms with Crippen LogP contribution >= 0.6 is 22.9 Å². The molecule has 0 spiro atoms. The fourth-order valence-electron chi connectivity index (χ4n) is 2.08. The molecule has 0 aromatic carbocycles. The molecule has 1 aliphatic carbocycles. The monoisotopic (exact) mass is 266 g/mol. The lowest BCUT2D eigenvalue weighted by Gasteiger charge is -2.16. The van der Waals surface area contributed by atoms with Gasteiger partial charge in [0.2, 0.25) is 0 Å². The second-order valence-electron chi connectivity index (χ2n) is 4.03. The molecule has 0 radical (unpaired) electrons. The van der Waals surface area contributed by atoms with Crippen LogP contribution < -0.4 is 5.73 Å². The first-order chi connectivity index (χ1) is 8.24. The molecule has 0 aliphatic heterocycles. The number of nitrogens with zero attached hydrogens (tertiary/aromatic N) is 3. The summed E-state index contributed by atoms with van der Waals surface area (Å²) in [6, 6.07) is 0. The van der Waals surface area contributed by atoms with Crippen LogP contribution in [0.1, 0.15) is 24.1 Å². The largest absolute Gasteiger partial charge is 0.383 e. The average Bonchev–Trinajstić information content (AvgIpc) is 2.76. The molecular formula is C11H11ClN4S. The van der Waals surface area contributed by atoms with Crippen molar-refractivity contribution in [2.45, 2.75) is 25.7 Å². The van der Waals surface area contributed by atoms with Gasteiger partial charge in [-0.1, -0.05) is 22.9 Å². The lowest BCUT2D eigenvalue weighted by atomic mass is 9.96. The van der Waals surface area contributed by atoms with Gasteiger partial charge in [0.1, 0.15) is 10.2 Å². The number of fused-ring (bicyclic) bond motifs is 1. The van der Waals surface area contributed by atoms with Gasteiger partial charge in [-0.05, 0) is 25.7 Å². The molecule has 0 saturated carbocycles. The molecule has 0 fully saturated rings. The zero-order valence-electron chi connectivity index (χ0n) is 9.11. The van der Waals surface area contributed by atoms with Gasteiger partial charge in [-0.15, -0.1) is 0 Å². The van der Waals surface area contributed by atoms with E-state index in [0.717, 1.165) is 29.1 Å². The number of thiazole rings is 1. The summed E-state index contributed by atoms with van der Waals surface area (Å²) >= 11 is 7.24. The Balaban J connectivity index is 2.10. The van der Waals surface area contributed by atoms with Crippen LogP contribution in [0.4, 0.5) is 5.82 Å². The Kier molecular flexibility index (Phi) is 2.72. The molecule has 2 heterocycles. The third-order valence-corrected chi connectivity index (χ3v) is 3.99. The second-order valence-corrected chi connectivity index (χ2v) is 5.70. The highest BCUT2D eigenvalue weighted by Crippen LogP contribution is 2.30. The van der Waals surface area contributed by atoms with Crippen LogP contribution in [-0.2, 0) is 12.8 Å². The molecular weight excluding hydrogens is 256 g/mol. The van der Waals surface area contributed by atoms with Gasteiger partial charge in [0.15, 0.2) is 10.8 Å². The Morgan fingerprint density at radius 3 is 2.82 bits per heavy atom. The second kappa shape index (κ2) is 4.23. The smallest absolute Gasteiger partial charge is 0.190 e. The SMILES string of the molecule is Nc1nc(-c2ncc(Cl)s2)nc2c1CCCC2. The Morgan fingerprint density at radius 2 is 2.06 bits per heavy atom. The topological polar surface area (TPSA) is 64.7 Å². The van der Waals surface area contributed by atoms with E-state index in [9.17, 15) is 0 Å². The molecule has 2 aromatic rings. The number of anilines is 1. The number of aryl methyl sites for hydroxylation is 1. The molecule has 3 rings (SSSR count). The van der Waals surface area contributed by atoms with Gasteiger partial charge in [0.25, 0.3) is 0 Å². The molecule has 0 atom stereocenters. The summed E-state index contributed by atoms with van der Waals surface area (Å²) in [6.07, 6.45) is 5.92. The number of aromatic nitrogens is 3. The summed E-state index contributed by atoms with van der Waals surface area (Å²) < 4.78 is 0.639. The van der Waals surface area contributed by atoms with E-state index in [1.165, 1.54) is 24.2 Å². The van der Waals surface area contributed by atoms with Gasteiger partial charge >= 0.3 is 0 Å². The van der Waals surface area contributed by atoms with Crippen LogP contribution in [0.3, 0.4) is 0 Å². The molecule has 0 bridgehead atoms. The third kappa shape index (κ3) is 2.00. The van der Waals surface area contributed by atoms with Gasteiger partial charge in [0, 0.05) is 11.3 Å². The van der Waals surface area contributed by atoms with Crippen LogP contribution in [-0.4, -0.2) is 15.0 Å². The van der Waals surface area contributed by atoms with Gasteiger partial charge in [-0.2, -0.15) is 0 Å². The number of nitrogens with two attached hydrogens (primary N) is 1. The van der Waals surface area contributed by atoms with E-state index in [1.807, 2.05) is 0 Å². The van der Waals surface area contributed by atoms with E-state index in [1.54, 1.807) is 6.20 Å². The lowest BCUT2D eigenvalue weighted by molar-refractivity contribution is 0.666. The quantitative estimate of drug-likeness (QED) is 0.862. The predicted molar refractivity (Wildman–Crippen MR) is 69.2 cm³/mol. The summed E-state index contributed by atoms with van der Waals surface area (Å²) in [5.74, 6) is 1.19. The molecule has 0 amide bonds. The maximum atomic E-state index is 5.98. The molecule has 1 aliphatic rings. The number of hydrogen-bond acceptors (Lipinski definition) is 5. The average molecular weight is 267 g/mol. The van der Waals surface area contributed by atoms with Crippen LogP contribution in [0.2, 0.25) is 4.34 Å². The first-order valence-electron chi connectivity index (χ1n) is 5.51. The Hall–Kier alpha value is -1.20. The highest BCUT2D eigenvalue weighted by atomic mass is 35.5. The minimum Gasteiger partial charge on any atom is -0.383 e. The molecule has 2 aromatic heterocycles. The van der Waals surface area contributed by atoms with Crippen LogP contribution in [0.15, 0.2) is 6.20 Å². The van der Waals surface area contributed by atoms with Gasteiger partial charge in [-0.3, -0.25) is 0 Å². The van der Waals surface area contributed by atoms with Crippen LogP contribution in [0, 0.1) is 0 Å². The van der Waals surface area contributed by atoms with Crippen molar-refractivity contribution in [3.63, 3.8) is 0 Å². The number of hydrogen-bond donors (Lipinski definition) is 1. The van der Waals surface area contributed by atoms with E-state index >= 15 is 0 Å². The maximum absolute atomic E-state index is 5.98. The Morgan fingerprint density at radius 1 is 1.24 bits per heavy atom. The highest BCUT2D eigenvalue weighted by Gasteiger charge is 2.17. The van der Waals surface area contributed by atoms with E-state index in [-0.39, 0.29) is 0 Å². The Labute approximate surface area is 108 Å². The van der Waals surface area contributed by atoms with Crippen molar-refractivity contribution >= 4 is 28.8 Å². The van der Waals surface area contributed by atoms with E-state index in [2.05, 4.69) is 15.0 Å². The molecule has 17 heavy (non-hydrogen) atoms. The van der Waals surface area contributed by atoms with Crippen molar-refractivity contribution in [2.24, 2.45) is 0 Å². The summed E-state index contributed by atoms with van der Waals surface area (Å²) in [5.41, 5.74) is 8.17. The molecule has 0 saturated heterocycles. The molecule has 88 valence electrons. The van der Waals surface area contributed by atoms with Crippen LogP contribution in [0.25, 0.3) is 10.8 Å². The summed E-state index contributed by atoms with van der Waals surface area (Å²) in [5, 5.41) is 0.732. The Bertz CT molecular complexity index is 567. The van der Waals surface area contributed by atoms with Crippen molar-refractivity contribution < 1.29 is 0 Å². The zero-order valence-corrected chi connectivity index (χ0v) is 10.7. The highest BCUT2D eigenvalue weighted by molar-refractivity contribution is 7.18. The number of nitrogen functional groups attached to an aromatic ring is 1. The molecule has 4 nitrogen and oxygen atoms in total. The van der Waals surface area contributed by atoms with Crippen molar-refractivity contribution in [2.75, 3.05) is 5.73 Å². The zero-order chi connectivity index (χ0) is 11.8. The van der Waals surface area contributed by atoms with E-state index in [0.29, 0.717) is 16.0 Å². The summed E-state index contributed by atoms with van der Waals surface area (Å²) in [7, 11) is 0. The minimum atomic E-state index is 0.594. The van der Waals surface area contributed by atoms with Crippen molar-refractivity contribution in [1.82, 2.24) is 15.0 Å². The standard InChI is InChI=1S/C11H11ClN4S/c12-8-5-14-11(17-8)10-15-7-4-2-1-3-6(7)9(13)16-10/h5H,1-4H2,(H2,13,15,16). The first-order valence-corrected chi connectivity index (χ1v) is 6.70. The van der Waals surface area contributed by atoms with E-state index < -0.39 is 0 Å². The maximum Gasteiger partial charge on any atom is 0.190 e. The third-order valence-electron chi connectivity index (χ3n) is 2.88. The number of rotatable bonds is 1. The van der Waals surface area contributed by atoms with Gasteiger partial charge in [-0.25, -0.2) is 15.0 Å². The van der Waals surface area contributed by atoms with Gasteiger partial charge < -0.3 is 5.73 Å². The molecule has 6 heteroatoms.